The predicted octanol–water partition coefficient (Wildman–Crippen LogP) is 2.87. The Hall–Kier alpha value is -0.300. The van der Waals surface area contributed by atoms with Crippen molar-refractivity contribution in [1.29, 1.82) is 0 Å². The lowest BCUT2D eigenvalue weighted by atomic mass is 10.0. The van der Waals surface area contributed by atoms with E-state index in [1.54, 1.807) is 0 Å². The SMILES string of the molecule is C1=C\CCC(NCC2CC2)CCC/1. The maximum Gasteiger partial charge on any atom is 0.00702 e. The number of hydrogen-bond donors (Lipinski definition) is 1. The molecule has 1 nitrogen and oxygen atoms in total. The van der Waals surface area contributed by atoms with E-state index in [0.29, 0.717) is 0 Å². The van der Waals surface area contributed by atoms with Crippen LogP contribution in [0.4, 0.5) is 0 Å². The number of rotatable bonds is 3. The highest BCUT2D eigenvalue weighted by atomic mass is 14.9. The number of nitrogens with one attached hydrogen (secondary N) is 1. The second-order valence-electron chi connectivity index (χ2n) is 4.53. The van der Waals surface area contributed by atoms with Gasteiger partial charge in [0.25, 0.3) is 0 Å². The van der Waals surface area contributed by atoms with Crippen molar-refractivity contribution < 1.29 is 0 Å². The van der Waals surface area contributed by atoms with E-state index in [4.69, 9.17) is 0 Å². The first-order chi connectivity index (χ1) is 6.45. The summed E-state index contributed by atoms with van der Waals surface area (Å²) in [5, 5.41) is 3.72. The highest BCUT2D eigenvalue weighted by Crippen LogP contribution is 2.28. The summed E-state index contributed by atoms with van der Waals surface area (Å²) in [4.78, 5) is 0. The van der Waals surface area contributed by atoms with Crippen molar-refractivity contribution in [1.82, 2.24) is 5.32 Å². The minimum absolute atomic E-state index is 0.811. The van der Waals surface area contributed by atoms with E-state index in [1.807, 2.05) is 0 Å². The van der Waals surface area contributed by atoms with E-state index < -0.39 is 0 Å². The molecule has 0 radical (unpaired) electrons. The van der Waals surface area contributed by atoms with Gasteiger partial charge in [-0.05, 0) is 57.4 Å². The van der Waals surface area contributed by atoms with Crippen molar-refractivity contribution in [2.75, 3.05) is 6.54 Å². The van der Waals surface area contributed by atoms with Gasteiger partial charge in [0, 0.05) is 6.04 Å². The summed E-state index contributed by atoms with van der Waals surface area (Å²) in [5.41, 5.74) is 0. The van der Waals surface area contributed by atoms with Crippen LogP contribution in [-0.4, -0.2) is 12.6 Å². The zero-order valence-electron chi connectivity index (χ0n) is 8.47. The molecule has 1 N–H and O–H groups in total. The predicted molar refractivity (Wildman–Crippen MR) is 56.7 cm³/mol. The fourth-order valence-electron chi connectivity index (χ4n) is 2.02. The van der Waals surface area contributed by atoms with E-state index >= 15 is 0 Å². The number of allylic oxidation sites excluding steroid dienone is 2. The van der Waals surface area contributed by atoms with Crippen LogP contribution in [0.5, 0.6) is 0 Å². The highest BCUT2D eigenvalue weighted by Gasteiger charge is 2.21. The molecule has 0 aromatic carbocycles. The standard InChI is InChI=1S/C12H21N/c1-2-4-6-12(7-5-3-1)13-10-11-8-9-11/h1-2,11-13H,3-10H2/b2-1-. The van der Waals surface area contributed by atoms with E-state index in [0.717, 1.165) is 12.0 Å². The van der Waals surface area contributed by atoms with Gasteiger partial charge in [-0.15, -0.1) is 0 Å². The van der Waals surface area contributed by atoms with Crippen LogP contribution in [0.25, 0.3) is 0 Å². The van der Waals surface area contributed by atoms with Gasteiger partial charge in [0.05, 0.1) is 0 Å². The van der Waals surface area contributed by atoms with Crippen LogP contribution in [0.3, 0.4) is 0 Å². The van der Waals surface area contributed by atoms with Crippen LogP contribution >= 0.6 is 0 Å². The van der Waals surface area contributed by atoms with Gasteiger partial charge >= 0.3 is 0 Å². The fraction of sp³-hybridized carbons (Fsp3) is 0.833. The minimum Gasteiger partial charge on any atom is -0.314 e. The first-order valence-corrected chi connectivity index (χ1v) is 5.83. The Morgan fingerprint density at radius 1 is 1.00 bits per heavy atom. The van der Waals surface area contributed by atoms with Gasteiger partial charge in [-0.25, -0.2) is 0 Å². The van der Waals surface area contributed by atoms with Crippen molar-refractivity contribution in [3.63, 3.8) is 0 Å². The smallest absolute Gasteiger partial charge is 0.00702 e. The third kappa shape index (κ3) is 3.51. The molecule has 1 unspecified atom stereocenters. The van der Waals surface area contributed by atoms with Crippen molar-refractivity contribution in [3.8, 4) is 0 Å². The molecule has 1 fully saturated rings. The van der Waals surface area contributed by atoms with Gasteiger partial charge in [0.15, 0.2) is 0 Å². The number of hydrogen-bond acceptors (Lipinski definition) is 1. The molecule has 1 saturated carbocycles. The lowest BCUT2D eigenvalue weighted by Gasteiger charge is -2.19. The Bertz CT molecular complexity index is 170. The van der Waals surface area contributed by atoms with Gasteiger partial charge in [-0.2, -0.15) is 0 Å². The summed E-state index contributed by atoms with van der Waals surface area (Å²) in [6, 6.07) is 0.811. The average Bonchev–Trinajstić information content (AvgIpc) is 2.85. The first-order valence-electron chi connectivity index (χ1n) is 5.83. The molecule has 0 bridgehead atoms. The summed E-state index contributed by atoms with van der Waals surface area (Å²) in [5.74, 6) is 1.03. The third-order valence-corrected chi connectivity index (χ3v) is 3.16. The molecular formula is C12H21N. The van der Waals surface area contributed by atoms with Gasteiger partial charge in [-0.3, -0.25) is 0 Å². The van der Waals surface area contributed by atoms with Gasteiger partial charge in [-0.1, -0.05) is 12.2 Å². The Kier molecular flexibility index (Phi) is 3.42. The van der Waals surface area contributed by atoms with E-state index in [9.17, 15) is 0 Å². The molecule has 74 valence electrons. The molecule has 0 saturated heterocycles. The molecule has 0 heterocycles. The van der Waals surface area contributed by atoms with Crippen LogP contribution in [0, 0.1) is 5.92 Å². The molecule has 0 amide bonds. The van der Waals surface area contributed by atoms with Gasteiger partial charge in [0.1, 0.15) is 0 Å². The van der Waals surface area contributed by atoms with Crippen molar-refractivity contribution in [2.45, 2.75) is 51.0 Å². The average molecular weight is 179 g/mol. The van der Waals surface area contributed by atoms with E-state index in [2.05, 4.69) is 17.5 Å². The Morgan fingerprint density at radius 2 is 1.85 bits per heavy atom. The molecule has 1 atom stereocenters. The zero-order valence-corrected chi connectivity index (χ0v) is 8.47. The lowest BCUT2D eigenvalue weighted by molar-refractivity contribution is 0.432. The monoisotopic (exact) mass is 179 g/mol. The normalized spacial score (nSPS) is 32.2. The van der Waals surface area contributed by atoms with E-state index in [1.165, 1.54) is 51.5 Å². The van der Waals surface area contributed by atoms with Gasteiger partial charge < -0.3 is 5.32 Å². The van der Waals surface area contributed by atoms with Crippen molar-refractivity contribution in [3.05, 3.63) is 12.2 Å². The highest BCUT2D eigenvalue weighted by molar-refractivity contribution is 4.87. The summed E-state index contributed by atoms with van der Waals surface area (Å²) in [7, 11) is 0. The van der Waals surface area contributed by atoms with Crippen LogP contribution in [-0.2, 0) is 0 Å². The molecule has 2 rings (SSSR count). The topological polar surface area (TPSA) is 12.0 Å². The Morgan fingerprint density at radius 3 is 2.69 bits per heavy atom. The van der Waals surface area contributed by atoms with Crippen LogP contribution < -0.4 is 5.32 Å². The van der Waals surface area contributed by atoms with Gasteiger partial charge in [0.2, 0.25) is 0 Å². The summed E-state index contributed by atoms with van der Waals surface area (Å²) in [6.45, 7) is 1.29. The second kappa shape index (κ2) is 4.80. The van der Waals surface area contributed by atoms with E-state index in [-0.39, 0.29) is 0 Å². The Balaban J connectivity index is 1.66. The summed E-state index contributed by atoms with van der Waals surface area (Å²) < 4.78 is 0. The molecule has 2 aliphatic rings. The van der Waals surface area contributed by atoms with Crippen molar-refractivity contribution in [2.24, 2.45) is 5.92 Å². The maximum absolute atomic E-state index is 3.72. The quantitative estimate of drug-likeness (QED) is 0.657. The maximum atomic E-state index is 3.72. The summed E-state index contributed by atoms with van der Waals surface area (Å²) >= 11 is 0. The molecule has 0 aliphatic heterocycles. The second-order valence-corrected chi connectivity index (χ2v) is 4.53. The molecule has 0 aromatic heterocycles. The largest absolute Gasteiger partial charge is 0.314 e. The van der Waals surface area contributed by atoms with Crippen LogP contribution in [0.1, 0.15) is 44.9 Å². The van der Waals surface area contributed by atoms with Crippen LogP contribution in [0.15, 0.2) is 12.2 Å². The Labute approximate surface area is 81.6 Å². The molecule has 13 heavy (non-hydrogen) atoms. The molecule has 0 aromatic rings. The van der Waals surface area contributed by atoms with Crippen LogP contribution in [0.2, 0.25) is 0 Å². The summed E-state index contributed by atoms with van der Waals surface area (Å²) in [6.07, 6.45) is 14.3. The molecule has 0 spiro atoms. The fourth-order valence-corrected chi connectivity index (χ4v) is 2.02. The molecule has 2 aliphatic carbocycles. The molecular weight excluding hydrogens is 158 g/mol. The third-order valence-electron chi connectivity index (χ3n) is 3.16. The minimum atomic E-state index is 0.811. The molecule has 1 heteroatoms. The zero-order chi connectivity index (χ0) is 8.93. The lowest BCUT2D eigenvalue weighted by Crippen LogP contribution is -2.31. The van der Waals surface area contributed by atoms with Crippen molar-refractivity contribution >= 4 is 0 Å². The first kappa shape index (κ1) is 9.26.